The molecular formula is C20H26N2O5. The van der Waals surface area contributed by atoms with Crippen molar-refractivity contribution in [2.75, 3.05) is 6.61 Å². The van der Waals surface area contributed by atoms with Crippen LogP contribution in [0.2, 0.25) is 0 Å². The van der Waals surface area contributed by atoms with E-state index in [4.69, 9.17) is 4.74 Å². The Hall–Kier alpha value is -2.44. The van der Waals surface area contributed by atoms with Crippen molar-refractivity contribution in [2.24, 2.45) is 18.9 Å². The quantitative estimate of drug-likeness (QED) is 0.447. The summed E-state index contributed by atoms with van der Waals surface area (Å²) in [5.74, 6) is -2.21. The van der Waals surface area contributed by atoms with Crippen LogP contribution in [-0.4, -0.2) is 45.7 Å². The van der Waals surface area contributed by atoms with Crippen LogP contribution in [0.4, 0.5) is 0 Å². The molecule has 146 valence electrons. The van der Waals surface area contributed by atoms with Gasteiger partial charge in [0.2, 0.25) is 17.6 Å². The van der Waals surface area contributed by atoms with Gasteiger partial charge in [-0.3, -0.25) is 19.3 Å². The summed E-state index contributed by atoms with van der Waals surface area (Å²) in [6, 6.07) is 0.745. The molecule has 1 saturated heterocycles. The Labute approximate surface area is 158 Å². The Morgan fingerprint density at radius 2 is 1.70 bits per heavy atom. The van der Waals surface area contributed by atoms with Gasteiger partial charge in [-0.1, -0.05) is 12.8 Å². The zero-order valence-corrected chi connectivity index (χ0v) is 16.3. The van der Waals surface area contributed by atoms with Crippen molar-refractivity contribution in [3.05, 3.63) is 23.0 Å². The van der Waals surface area contributed by atoms with E-state index in [0.29, 0.717) is 18.4 Å². The van der Waals surface area contributed by atoms with E-state index in [1.54, 1.807) is 6.07 Å². The van der Waals surface area contributed by atoms with Crippen LogP contribution in [0.1, 0.15) is 54.4 Å². The van der Waals surface area contributed by atoms with E-state index < -0.39 is 18.6 Å². The van der Waals surface area contributed by atoms with E-state index in [9.17, 15) is 19.2 Å². The number of carbonyl (C=O) groups is 4. The molecule has 2 fully saturated rings. The number of ether oxygens (including phenoxy) is 1. The Bertz CT molecular complexity index is 786. The monoisotopic (exact) mass is 374 g/mol. The molecule has 1 aromatic heterocycles. The lowest BCUT2D eigenvalue weighted by molar-refractivity contribution is -0.157. The maximum atomic E-state index is 12.6. The molecule has 0 spiro atoms. The molecule has 1 aliphatic heterocycles. The molecule has 1 aliphatic carbocycles. The maximum absolute atomic E-state index is 12.6. The van der Waals surface area contributed by atoms with Gasteiger partial charge in [0, 0.05) is 24.0 Å². The van der Waals surface area contributed by atoms with E-state index in [1.165, 1.54) is 6.92 Å². The number of amides is 2. The molecule has 1 aromatic rings. The van der Waals surface area contributed by atoms with E-state index in [0.717, 1.165) is 29.1 Å². The molecular weight excluding hydrogens is 348 g/mol. The van der Waals surface area contributed by atoms with E-state index >= 15 is 0 Å². The van der Waals surface area contributed by atoms with Crippen molar-refractivity contribution in [2.45, 2.75) is 52.5 Å². The number of rotatable bonds is 5. The Morgan fingerprint density at radius 1 is 1.15 bits per heavy atom. The summed E-state index contributed by atoms with van der Waals surface area (Å²) in [6.07, 6.45) is 3.24. The van der Waals surface area contributed by atoms with Crippen LogP contribution in [0.3, 0.4) is 0 Å². The fourth-order valence-corrected chi connectivity index (χ4v) is 4.15. The summed E-state index contributed by atoms with van der Waals surface area (Å²) < 4.78 is 7.03. The van der Waals surface area contributed by atoms with Crippen LogP contribution >= 0.6 is 0 Å². The number of fused-ring (bicyclic) bond motifs is 1. The molecule has 0 radical (unpaired) electrons. The number of hydrogen-bond donors (Lipinski definition) is 0. The van der Waals surface area contributed by atoms with Gasteiger partial charge >= 0.3 is 5.97 Å². The SMILES string of the molecule is Cc1cc(C(=O)COC(=O)[C@H](C)N2C(=O)[C@H]3CCCC[C@@H]3C2=O)c(C)n1C. The van der Waals surface area contributed by atoms with E-state index in [1.807, 2.05) is 25.5 Å². The molecule has 0 bridgehead atoms. The molecule has 2 heterocycles. The van der Waals surface area contributed by atoms with Gasteiger partial charge in [-0.15, -0.1) is 0 Å². The van der Waals surface area contributed by atoms with Crippen molar-refractivity contribution in [3.63, 3.8) is 0 Å². The number of imide groups is 1. The first-order valence-electron chi connectivity index (χ1n) is 9.43. The zero-order valence-electron chi connectivity index (χ0n) is 16.3. The molecule has 3 rings (SSSR count). The number of esters is 1. The molecule has 1 saturated carbocycles. The molecule has 3 atom stereocenters. The summed E-state index contributed by atoms with van der Waals surface area (Å²) >= 11 is 0. The normalized spacial score (nSPS) is 23.3. The second-order valence-corrected chi connectivity index (χ2v) is 7.59. The van der Waals surface area contributed by atoms with Gasteiger partial charge < -0.3 is 9.30 Å². The zero-order chi connectivity index (χ0) is 19.9. The lowest BCUT2D eigenvalue weighted by Crippen LogP contribution is -2.44. The predicted molar refractivity (Wildman–Crippen MR) is 96.9 cm³/mol. The van der Waals surface area contributed by atoms with Gasteiger partial charge in [0.25, 0.3) is 0 Å². The van der Waals surface area contributed by atoms with Gasteiger partial charge in [-0.25, -0.2) is 4.79 Å². The molecule has 2 amide bonds. The number of aromatic nitrogens is 1. The van der Waals surface area contributed by atoms with Gasteiger partial charge in [-0.2, -0.15) is 0 Å². The van der Waals surface area contributed by atoms with Gasteiger partial charge in [0.15, 0.2) is 6.61 Å². The average Bonchev–Trinajstić information content (AvgIpc) is 3.07. The number of aryl methyl sites for hydroxylation is 1. The van der Waals surface area contributed by atoms with Crippen LogP contribution in [0.25, 0.3) is 0 Å². The highest BCUT2D eigenvalue weighted by Gasteiger charge is 2.51. The van der Waals surface area contributed by atoms with E-state index in [-0.39, 0.29) is 29.4 Å². The summed E-state index contributed by atoms with van der Waals surface area (Å²) in [6.45, 7) is 4.80. The van der Waals surface area contributed by atoms with Crippen LogP contribution in [0.5, 0.6) is 0 Å². The second-order valence-electron chi connectivity index (χ2n) is 7.59. The highest BCUT2D eigenvalue weighted by molar-refractivity contribution is 6.08. The van der Waals surface area contributed by atoms with E-state index in [2.05, 4.69) is 0 Å². The molecule has 2 aliphatic rings. The molecule has 0 N–H and O–H groups in total. The summed E-state index contributed by atoms with van der Waals surface area (Å²) in [4.78, 5) is 51.0. The van der Waals surface area contributed by atoms with Crippen LogP contribution in [-0.2, 0) is 26.2 Å². The first-order valence-corrected chi connectivity index (χ1v) is 9.43. The summed E-state index contributed by atoms with van der Waals surface area (Å²) in [5, 5.41) is 0. The lowest BCUT2D eigenvalue weighted by Gasteiger charge is -2.21. The minimum Gasteiger partial charge on any atom is -0.456 e. The highest BCUT2D eigenvalue weighted by atomic mass is 16.5. The first-order chi connectivity index (χ1) is 12.7. The van der Waals surface area contributed by atoms with Gasteiger partial charge in [0.1, 0.15) is 6.04 Å². The van der Waals surface area contributed by atoms with Crippen LogP contribution in [0, 0.1) is 25.7 Å². The third-order valence-corrected chi connectivity index (χ3v) is 6.02. The third kappa shape index (κ3) is 3.31. The summed E-state index contributed by atoms with van der Waals surface area (Å²) in [7, 11) is 1.86. The van der Waals surface area contributed by atoms with Crippen LogP contribution in [0.15, 0.2) is 6.07 Å². The van der Waals surface area contributed by atoms with Crippen molar-refractivity contribution in [1.82, 2.24) is 9.47 Å². The molecule has 27 heavy (non-hydrogen) atoms. The Kier molecular flexibility index (Phi) is 5.22. The first kappa shape index (κ1) is 19.3. The standard InChI is InChI=1S/C20H26N2O5/c1-11-9-16(12(2)21(11)4)17(23)10-27-20(26)13(3)22-18(24)14-7-5-6-8-15(14)19(22)25/h9,13-15H,5-8,10H2,1-4H3/t13-,14-,15-/m0/s1. The smallest absolute Gasteiger partial charge is 0.329 e. The number of Topliss-reactive ketones (excluding diaryl/α,β-unsaturated/α-hetero) is 1. The highest BCUT2D eigenvalue weighted by Crippen LogP contribution is 2.38. The fraction of sp³-hybridized carbons (Fsp3) is 0.600. The van der Waals surface area contributed by atoms with Gasteiger partial charge in [-0.05, 0) is 39.7 Å². The predicted octanol–water partition coefficient (Wildman–Crippen LogP) is 1.93. The molecule has 0 unspecified atom stereocenters. The summed E-state index contributed by atoms with van der Waals surface area (Å²) in [5.41, 5.74) is 2.25. The average molecular weight is 374 g/mol. The number of ketones is 1. The Morgan fingerprint density at radius 3 is 2.19 bits per heavy atom. The number of nitrogens with zero attached hydrogens (tertiary/aromatic N) is 2. The minimum atomic E-state index is -1.01. The molecule has 7 heteroatoms. The third-order valence-electron chi connectivity index (χ3n) is 6.02. The number of likely N-dealkylation sites (tertiary alicyclic amines) is 1. The van der Waals surface area contributed by atoms with Crippen LogP contribution < -0.4 is 0 Å². The van der Waals surface area contributed by atoms with Crippen molar-refractivity contribution in [3.8, 4) is 0 Å². The topological polar surface area (TPSA) is 85.7 Å². The van der Waals surface area contributed by atoms with Gasteiger partial charge in [0.05, 0.1) is 11.8 Å². The second kappa shape index (κ2) is 7.29. The van der Waals surface area contributed by atoms with Crippen molar-refractivity contribution >= 4 is 23.6 Å². The number of hydrogen-bond acceptors (Lipinski definition) is 5. The van der Waals surface area contributed by atoms with Crippen molar-refractivity contribution in [1.29, 1.82) is 0 Å². The minimum absolute atomic E-state index is 0.282. The largest absolute Gasteiger partial charge is 0.456 e. The maximum Gasteiger partial charge on any atom is 0.329 e. The molecule has 7 nitrogen and oxygen atoms in total. The molecule has 0 aromatic carbocycles. The Balaban J connectivity index is 1.64. The lowest BCUT2D eigenvalue weighted by atomic mass is 9.81. The fourth-order valence-electron chi connectivity index (χ4n) is 4.15. The van der Waals surface area contributed by atoms with Crippen molar-refractivity contribution < 1.29 is 23.9 Å². The number of carbonyl (C=O) groups excluding carboxylic acids is 4.